The van der Waals surface area contributed by atoms with Crippen LogP contribution in [0.1, 0.15) is 30.4 Å². The molecule has 0 saturated heterocycles. The lowest BCUT2D eigenvalue weighted by Crippen LogP contribution is -2.12. The number of ketones is 1. The lowest BCUT2D eigenvalue weighted by Gasteiger charge is -2.18. The Balaban J connectivity index is 1.98. The monoisotopic (exact) mass is 454 g/mol. The molecular weight excluding hydrogens is 424 g/mol. The molecule has 2 aromatic rings. The van der Waals surface area contributed by atoms with Crippen LogP contribution in [0.2, 0.25) is 0 Å². The average Bonchev–Trinajstić information content (AvgIpc) is 2.84. The van der Waals surface area contributed by atoms with Gasteiger partial charge in [-0.1, -0.05) is 0 Å². The Labute approximate surface area is 194 Å². The number of ether oxygens (including phenoxy) is 6. The van der Waals surface area contributed by atoms with E-state index in [2.05, 4.69) is 0 Å². The number of Topliss-reactive ketones (excluding diaryl/α,β-unsaturated/α-hetero) is 1. The molecule has 1 saturated carbocycles. The third-order valence-electron chi connectivity index (χ3n) is 5.53. The third-order valence-corrected chi connectivity index (χ3v) is 5.53. The van der Waals surface area contributed by atoms with Gasteiger partial charge >= 0.3 is 0 Å². The molecule has 3 rings (SSSR count). The molecule has 0 radical (unpaired) electrons. The van der Waals surface area contributed by atoms with Gasteiger partial charge in [0, 0.05) is 11.1 Å². The Hall–Kier alpha value is -3.61. The first-order valence-corrected chi connectivity index (χ1v) is 10.5. The molecule has 1 fully saturated rings. The second-order valence-electron chi connectivity index (χ2n) is 7.44. The van der Waals surface area contributed by atoms with Crippen LogP contribution in [-0.2, 0) is 4.79 Å². The van der Waals surface area contributed by atoms with Crippen LogP contribution in [0.5, 0.6) is 34.5 Å². The van der Waals surface area contributed by atoms with E-state index in [4.69, 9.17) is 28.4 Å². The van der Waals surface area contributed by atoms with Crippen LogP contribution in [0.25, 0.3) is 12.2 Å². The number of hydrogen-bond donors (Lipinski definition) is 0. The smallest absolute Gasteiger partial charge is 0.203 e. The minimum atomic E-state index is 0.0174. The standard InChI is InChI=1S/C26H30O7/c1-28-20-12-16(13-21(29-2)25(20)32-5)10-18-8-7-9-19(24(18)27)11-17-14-22(30-3)26(33-6)23(15-17)31-4/h10-15H,7-9H2,1-6H3/b18-10-,19-11+. The highest BCUT2D eigenvalue weighted by Crippen LogP contribution is 2.41. The van der Waals surface area contributed by atoms with Crippen molar-refractivity contribution in [2.24, 2.45) is 0 Å². The van der Waals surface area contributed by atoms with Gasteiger partial charge in [-0.2, -0.15) is 0 Å². The fraction of sp³-hybridized carbons (Fsp3) is 0.346. The highest BCUT2D eigenvalue weighted by atomic mass is 16.5. The van der Waals surface area contributed by atoms with E-state index < -0.39 is 0 Å². The van der Waals surface area contributed by atoms with Crippen molar-refractivity contribution in [2.75, 3.05) is 42.7 Å². The number of rotatable bonds is 8. The molecule has 176 valence electrons. The van der Waals surface area contributed by atoms with Gasteiger partial charge in [0.05, 0.1) is 42.7 Å². The molecule has 7 nitrogen and oxygen atoms in total. The fourth-order valence-corrected chi connectivity index (χ4v) is 3.95. The van der Waals surface area contributed by atoms with Crippen LogP contribution in [0.3, 0.4) is 0 Å². The molecule has 0 heterocycles. The van der Waals surface area contributed by atoms with Crippen molar-refractivity contribution < 1.29 is 33.2 Å². The van der Waals surface area contributed by atoms with Crippen LogP contribution in [0.15, 0.2) is 35.4 Å². The quantitative estimate of drug-likeness (QED) is 0.522. The van der Waals surface area contributed by atoms with Crippen LogP contribution in [0.4, 0.5) is 0 Å². The zero-order valence-corrected chi connectivity index (χ0v) is 19.9. The Morgan fingerprint density at radius 3 is 1.18 bits per heavy atom. The fourth-order valence-electron chi connectivity index (χ4n) is 3.95. The predicted octanol–water partition coefficient (Wildman–Crippen LogP) is 4.96. The summed E-state index contributed by atoms with van der Waals surface area (Å²) < 4.78 is 32.5. The van der Waals surface area contributed by atoms with Gasteiger partial charge in [0.1, 0.15) is 0 Å². The van der Waals surface area contributed by atoms with Crippen molar-refractivity contribution in [2.45, 2.75) is 19.3 Å². The number of allylic oxidation sites excluding steroid dienone is 2. The highest BCUT2D eigenvalue weighted by Gasteiger charge is 2.22. The first-order valence-electron chi connectivity index (χ1n) is 10.5. The van der Waals surface area contributed by atoms with E-state index in [0.29, 0.717) is 47.3 Å². The first-order chi connectivity index (χ1) is 16.0. The van der Waals surface area contributed by atoms with Gasteiger partial charge in [-0.25, -0.2) is 0 Å². The number of benzene rings is 2. The molecule has 0 amide bonds. The van der Waals surface area contributed by atoms with Gasteiger partial charge in [-0.15, -0.1) is 0 Å². The molecule has 0 N–H and O–H groups in total. The van der Waals surface area contributed by atoms with Crippen molar-refractivity contribution in [3.63, 3.8) is 0 Å². The maximum Gasteiger partial charge on any atom is 0.203 e. The number of carbonyl (C=O) groups is 1. The minimum absolute atomic E-state index is 0.0174. The molecule has 7 heteroatoms. The van der Waals surface area contributed by atoms with E-state index in [1.807, 2.05) is 36.4 Å². The average molecular weight is 455 g/mol. The topological polar surface area (TPSA) is 72.5 Å². The maximum atomic E-state index is 13.3. The van der Waals surface area contributed by atoms with E-state index >= 15 is 0 Å². The summed E-state index contributed by atoms with van der Waals surface area (Å²) in [5, 5.41) is 0. The highest BCUT2D eigenvalue weighted by molar-refractivity contribution is 6.14. The molecule has 0 atom stereocenters. The Morgan fingerprint density at radius 2 is 0.909 bits per heavy atom. The lowest BCUT2D eigenvalue weighted by atomic mass is 9.86. The lowest BCUT2D eigenvalue weighted by molar-refractivity contribution is -0.112. The summed E-state index contributed by atoms with van der Waals surface area (Å²) in [5.74, 6) is 3.21. The third kappa shape index (κ3) is 5.08. The van der Waals surface area contributed by atoms with E-state index in [0.717, 1.165) is 28.7 Å². The summed E-state index contributed by atoms with van der Waals surface area (Å²) in [6.45, 7) is 0. The molecule has 0 aromatic heterocycles. The van der Waals surface area contributed by atoms with Gasteiger partial charge < -0.3 is 28.4 Å². The zero-order chi connectivity index (χ0) is 24.0. The molecule has 0 unspecified atom stereocenters. The van der Waals surface area contributed by atoms with Crippen molar-refractivity contribution >= 4 is 17.9 Å². The minimum Gasteiger partial charge on any atom is -0.493 e. The van der Waals surface area contributed by atoms with E-state index in [1.54, 1.807) is 42.7 Å². The molecule has 1 aliphatic carbocycles. The molecule has 0 aliphatic heterocycles. The number of carbonyl (C=O) groups excluding carboxylic acids is 1. The normalized spacial score (nSPS) is 16.0. The summed E-state index contributed by atoms with van der Waals surface area (Å²) >= 11 is 0. The van der Waals surface area contributed by atoms with Crippen molar-refractivity contribution in [3.8, 4) is 34.5 Å². The van der Waals surface area contributed by atoms with E-state index in [-0.39, 0.29) is 5.78 Å². The second-order valence-corrected chi connectivity index (χ2v) is 7.44. The van der Waals surface area contributed by atoms with Gasteiger partial charge in [-0.3, -0.25) is 4.79 Å². The van der Waals surface area contributed by atoms with Gasteiger partial charge in [0.2, 0.25) is 11.5 Å². The number of methoxy groups -OCH3 is 6. The number of hydrogen-bond acceptors (Lipinski definition) is 7. The van der Waals surface area contributed by atoms with Gasteiger partial charge in [0.15, 0.2) is 28.8 Å². The summed E-state index contributed by atoms with van der Waals surface area (Å²) in [6.07, 6.45) is 6.03. The van der Waals surface area contributed by atoms with Crippen LogP contribution in [0, 0.1) is 0 Å². The molecule has 1 aliphatic rings. The predicted molar refractivity (Wildman–Crippen MR) is 127 cm³/mol. The molecule has 2 aromatic carbocycles. The van der Waals surface area contributed by atoms with Crippen molar-refractivity contribution in [1.82, 2.24) is 0 Å². The Morgan fingerprint density at radius 1 is 0.576 bits per heavy atom. The second kappa shape index (κ2) is 10.8. The van der Waals surface area contributed by atoms with Crippen molar-refractivity contribution in [1.29, 1.82) is 0 Å². The van der Waals surface area contributed by atoms with E-state index in [1.165, 1.54) is 0 Å². The van der Waals surface area contributed by atoms with Crippen molar-refractivity contribution in [3.05, 3.63) is 46.5 Å². The first kappa shape index (κ1) is 24.0. The Kier molecular flexibility index (Phi) is 7.87. The van der Waals surface area contributed by atoms with Crippen LogP contribution >= 0.6 is 0 Å². The molecule has 0 spiro atoms. The summed E-state index contributed by atoms with van der Waals surface area (Å²) in [4.78, 5) is 13.3. The summed E-state index contributed by atoms with van der Waals surface area (Å²) in [5.41, 5.74) is 3.08. The van der Waals surface area contributed by atoms with Gasteiger partial charge in [-0.05, 0) is 66.8 Å². The zero-order valence-electron chi connectivity index (χ0n) is 19.9. The van der Waals surface area contributed by atoms with Gasteiger partial charge in [0.25, 0.3) is 0 Å². The SMILES string of the molecule is COc1cc(/C=C2/CCC/C(=C\c3cc(OC)c(OC)c(OC)c3)C2=O)cc(OC)c1OC. The van der Waals surface area contributed by atoms with Crippen LogP contribution < -0.4 is 28.4 Å². The Bertz CT molecular complexity index is 949. The molecular formula is C26H30O7. The summed E-state index contributed by atoms with van der Waals surface area (Å²) in [6, 6.07) is 7.33. The largest absolute Gasteiger partial charge is 0.493 e. The van der Waals surface area contributed by atoms with Crippen LogP contribution in [-0.4, -0.2) is 48.4 Å². The molecule has 0 bridgehead atoms. The summed E-state index contributed by atoms with van der Waals surface area (Å²) in [7, 11) is 9.39. The van der Waals surface area contributed by atoms with E-state index in [9.17, 15) is 4.79 Å². The maximum absolute atomic E-state index is 13.3. The molecule has 33 heavy (non-hydrogen) atoms.